The number of hydrogen-bond donors (Lipinski definition) is 2. The van der Waals surface area contributed by atoms with Crippen LogP contribution in [0.2, 0.25) is 0 Å². The maximum atomic E-state index is 5.69. The third-order valence-electron chi connectivity index (χ3n) is 2.31. The maximum absolute atomic E-state index is 5.69. The van der Waals surface area contributed by atoms with Gasteiger partial charge in [0.05, 0.1) is 12.5 Å². The van der Waals surface area contributed by atoms with Crippen LogP contribution in [0.4, 0.5) is 0 Å². The third-order valence-corrected chi connectivity index (χ3v) is 2.31. The number of rotatable bonds is 3. The van der Waals surface area contributed by atoms with Crippen LogP contribution < -0.4 is 5.73 Å². The summed E-state index contributed by atoms with van der Waals surface area (Å²) in [5.41, 5.74) is 9.74. The molecule has 0 bridgehead atoms. The smallest absolute Gasteiger partial charge is 0.100 e. The van der Waals surface area contributed by atoms with E-state index < -0.39 is 0 Å². The molecule has 0 amide bonds. The van der Waals surface area contributed by atoms with E-state index in [9.17, 15) is 0 Å². The van der Waals surface area contributed by atoms with Gasteiger partial charge in [0.2, 0.25) is 0 Å². The molecule has 0 aliphatic heterocycles. The van der Waals surface area contributed by atoms with Gasteiger partial charge in [0.25, 0.3) is 0 Å². The molecule has 0 aliphatic rings. The Morgan fingerprint density at radius 2 is 2.43 bits per heavy atom. The van der Waals surface area contributed by atoms with E-state index in [-0.39, 0.29) is 0 Å². The lowest BCUT2D eigenvalue weighted by atomic mass is 10.1. The second kappa shape index (κ2) is 3.67. The lowest BCUT2D eigenvalue weighted by Crippen LogP contribution is -2.00. The van der Waals surface area contributed by atoms with Crippen LogP contribution in [-0.4, -0.2) is 10.2 Å². The zero-order valence-electron chi connectivity index (χ0n) is 8.08. The fraction of sp³-hybridized carbons (Fsp3) is 0.300. The summed E-state index contributed by atoms with van der Waals surface area (Å²) in [5, 5.41) is 7.23. The highest BCUT2D eigenvalue weighted by Gasteiger charge is 2.12. The Morgan fingerprint density at radius 3 is 3.00 bits per heavy atom. The molecule has 0 radical (unpaired) electrons. The summed E-state index contributed by atoms with van der Waals surface area (Å²) >= 11 is 0. The minimum absolute atomic E-state index is 0.500. The van der Waals surface area contributed by atoms with Gasteiger partial charge in [0.15, 0.2) is 0 Å². The van der Waals surface area contributed by atoms with Crippen LogP contribution in [0, 0.1) is 0 Å². The van der Waals surface area contributed by atoms with Crippen molar-refractivity contribution in [2.45, 2.75) is 19.9 Å². The lowest BCUT2D eigenvalue weighted by molar-refractivity contribution is 0.568. The molecule has 14 heavy (non-hydrogen) atoms. The van der Waals surface area contributed by atoms with Crippen LogP contribution in [0.25, 0.3) is 11.3 Å². The van der Waals surface area contributed by atoms with Gasteiger partial charge in [-0.15, -0.1) is 0 Å². The van der Waals surface area contributed by atoms with Crippen LogP contribution in [0.1, 0.15) is 18.2 Å². The van der Waals surface area contributed by atoms with E-state index in [4.69, 9.17) is 10.2 Å². The quantitative estimate of drug-likeness (QED) is 0.775. The van der Waals surface area contributed by atoms with E-state index in [0.717, 1.165) is 28.9 Å². The normalized spacial score (nSPS) is 10.7. The van der Waals surface area contributed by atoms with Crippen molar-refractivity contribution < 1.29 is 4.42 Å². The SMILES string of the molecule is CCc1[nH]nc(-c2ccoc2)c1CN. The van der Waals surface area contributed by atoms with Crippen molar-refractivity contribution >= 4 is 0 Å². The summed E-state index contributed by atoms with van der Waals surface area (Å²) in [6.07, 6.45) is 4.22. The van der Waals surface area contributed by atoms with Gasteiger partial charge in [0.1, 0.15) is 5.69 Å². The summed E-state index contributed by atoms with van der Waals surface area (Å²) in [4.78, 5) is 0. The average molecular weight is 191 g/mol. The van der Waals surface area contributed by atoms with E-state index in [1.165, 1.54) is 0 Å². The van der Waals surface area contributed by atoms with E-state index in [1.54, 1.807) is 12.5 Å². The van der Waals surface area contributed by atoms with E-state index in [1.807, 2.05) is 6.07 Å². The number of hydrogen-bond acceptors (Lipinski definition) is 3. The molecule has 4 heteroatoms. The molecule has 0 atom stereocenters. The van der Waals surface area contributed by atoms with Crippen LogP contribution in [0.5, 0.6) is 0 Å². The number of H-pyrrole nitrogens is 1. The molecule has 2 heterocycles. The molecule has 2 rings (SSSR count). The predicted molar refractivity (Wildman–Crippen MR) is 53.6 cm³/mol. The molecule has 0 spiro atoms. The summed E-state index contributed by atoms with van der Waals surface area (Å²) < 4.78 is 5.02. The Labute approximate surface area is 82.1 Å². The largest absolute Gasteiger partial charge is 0.472 e. The first-order chi connectivity index (χ1) is 6.86. The van der Waals surface area contributed by atoms with Gasteiger partial charge >= 0.3 is 0 Å². The van der Waals surface area contributed by atoms with Crippen LogP contribution >= 0.6 is 0 Å². The molecular weight excluding hydrogens is 178 g/mol. The maximum Gasteiger partial charge on any atom is 0.100 e. The van der Waals surface area contributed by atoms with Crippen molar-refractivity contribution in [1.29, 1.82) is 0 Å². The molecule has 2 aromatic rings. The van der Waals surface area contributed by atoms with Gasteiger partial charge in [-0.2, -0.15) is 5.10 Å². The topological polar surface area (TPSA) is 67.8 Å². The fourth-order valence-electron chi connectivity index (χ4n) is 1.55. The van der Waals surface area contributed by atoms with Crippen molar-refractivity contribution in [2.75, 3.05) is 0 Å². The molecule has 0 aliphatic carbocycles. The lowest BCUT2D eigenvalue weighted by Gasteiger charge is -1.98. The highest BCUT2D eigenvalue weighted by atomic mass is 16.3. The Kier molecular flexibility index (Phi) is 2.37. The fourth-order valence-corrected chi connectivity index (χ4v) is 1.55. The zero-order valence-corrected chi connectivity index (χ0v) is 8.08. The first-order valence-electron chi connectivity index (χ1n) is 4.65. The van der Waals surface area contributed by atoms with Crippen molar-refractivity contribution in [3.63, 3.8) is 0 Å². The van der Waals surface area contributed by atoms with Gasteiger partial charge in [-0.1, -0.05) is 6.92 Å². The summed E-state index contributed by atoms with van der Waals surface area (Å²) in [7, 11) is 0. The van der Waals surface area contributed by atoms with Crippen molar-refractivity contribution in [3.05, 3.63) is 29.9 Å². The zero-order chi connectivity index (χ0) is 9.97. The Morgan fingerprint density at radius 1 is 1.57 bits per heavy atom. The summed E-state index contributed by atoms with van der Waals surface area (Å²) in [5.74, 6) is 0. The predicted octanol–water partition coefficient (Wildman–Crippen LogP) is 1.69. The molecule has 0 saturated heterocycles. The van der Waals surface area contributed by atoms with Gasteiger partial charge in [0, 0.05) is 23.4 Å². The number of aromatic amines is 1. The van der Waals surface area contributed by atoms with E-state index in [2.05, 4.69) is 17.1 Å². The second-order valence-corrected chi connectivity index (χ2v) is 3.10. The van der Waals surface area contributed by atoms with E-state index in [0.29, 0.717) is 6.54 Å². The molecule has 0 fully saturated rings. The third kappa shape index (κ3) is 1.33. The van der Waals surface area contributed by atoms with Crippen molar-refractivity contribution in [3.8, 4) is 11.3 Å². The average Bonchev–Trinajstić information content (AvgIpc) is 2.85. The highest BCUT2D eigenvalue weighted by molar-refractivity contribution is 5.62. The van der Waals surface area contributed by atoms with Crippen LogP contribution in [0.15, 0.2) is 23.0 Å². The number of nitrogens with zero attached hydrogens (tertiary/aromatic N) is 1. The summed E-state index contributed by atoms with van der Waals surface area (Å²) in [6, 6.07) is 1.88. The van der Waals surface area contributed by atoms with Crippen LogP contribution in [-0.2, 0) is 13.0 Å². The molecule has 0 saturated carbocycles. The number of nitrogens with one attached hydrogen (secondary N) is 1. The molecule has 74 valence electrons. The number of aryl methyl sites for hydroxylation is 1. The van der Waals surface area contributed by atoms with Gasteiger partial charge < -0.3 is 10.2 Å². The van der Waals surface area contributed by atoms with E-state index >= 15 is 0 Å². The van der Waals surface area contributed by atoms with Gasteiger partial charge in [-0.25, -0.2) is 0 Å². The standard InChI is InChI=1S/C10H13N3O/c1-2-9-8(5-11)10(13-12-9)7-3-4-14-6-7/h3-4,6H,2,5,11H2,1H3,(H,12,13). The molecule has 4 nitrogen and oxygen atoms in total. The molecule has 2 aromatic heterocycles. The van der Waals surface area contributed by atoms with Crippen molar-refractivity contribution in [2.24, 2.45) is 5.73 Å². The number of nitrogens with two attached hydrogens (primary N) is 1. The van der Waals surface area contributed by atoms with Gasteiger partial charge in [-0.05, 0) is 12.5 Å². The Hall–Kier alpha value is -1.55. The molecule has 0 unspecified atom stereocenters. The van der Waals surface area contributed by atoms with Crippen LogP contribution in [0.3, 0.4) is 0 Å². The minimum Gasteiger partial charge on any atom is -0.472 e. The molecule has 3 N–H and O–H groups in total. The minimum atomic E-state index is 0.500. The number of aromatic nitrogens is 2. The summed E-state index contributed by atoms with van der Waals surface area (Å²) in [6.45, 7) is 2.58. The Balaban J connectivity index is 2.48. The highest BCUT2D eigenvalue weighted by Crippen LogP contribution is 2.23. The molecular formula is C10H13N3O. The number of furan rings is 1. The molecule has 0 aromatic carbocycles. The monoisotopic (exact) mass is 191 g/mol. The van der Waals surface area contributed by atoms with Crippen molar-refractivity contribution in [1.82, 2.24) is 10.2 Å². The Bertz CT molecular complexity index is 403. The first-order valence-corrected chi connectivity index (χ1v) is 4.65. The van der Waals surface area contributed by atoms with Gasteiger partial charge in [-0.3, -0.25) is 5.10 Å². The first kappa shape index (κ1) is 9.02. The second-order valence-electron chi connectivity index (χ2n) is 3.10.